The van der Waals surface area contributed by atoms with Gasteiger partial charge >= 0.3 is 0 Å². The van der Waals surface area contributed by atoms with Crippen molar-refractivity contribution >= 4 is 11.0 Å². The van der Waals surface area contributed by atoms with Crippen LogP contribution in [0.2, 0.25) is 0 Å². The number of hydrogen-bond acceptors (Lipinski definition) is 22. The maximum absolute atomic E-state index is 13.8. The number of phenolic OH excluding ortho intramolecular Hbond substituents is 5. The summed E-state index contributed by atoms with van der Waals surface area (Å²) in [4.78, 5) is 13.8. The van der Waals surface area contributed by atoms with Gasteiger partial charge in [0.05, 0.1) is 19.3 Å². The van der Waals surface area contributed by atoms with E-state index in [9.17, 15) is 76.3 Å². The molecule has 0 radical (unpaired) electrons. The Bertz CT molecular complexity index is 1880. The molecular formula is C33H40O22. The van der Waals surface area contributed by atoms with E-state index in [2.05, 4.69) is 0 Å². The second kappa shape index (κ2) is 15.8. The molecule has 304 valence electrons. The molecular weight excluding hydrogens is 748 g/mol. The predicted octanol–water partition coefficient (Wildman–Crippen LogP) is -4.16. The fourth-order valence-electron chi connectivity index (χ4n) is 6.39. The molecule has 1 aromatic heterocycles. The number of phenols is 5. The Hall–Kier alpha value is -4.11. The average Bonchev–Trinajstić information content (AvgIpc) is 3.14. The van der Waals surface area contributed by atoms with E-state index >= 15 is 0 Å². The van der Waals surface area contributed by atoms with Crippen molar-refractivity contribution in [3.63, 3.8) is 0 Å². The van der Waals surface area contributed by atoms with Gasteiger partial charge < -0.3 is 104 Å². The largest absolute Gasteiger partial charge is 0.508 e. The van der Waals surface area contributed by atoms with E-state index in [-0.39, 0.29) is 5.56 Å². The second-order valence-electron chi connectivity index (χ2n) is 13.2. The molecule has 22 heteroatoms. The summed E-state index contributed by atoms with van der Waals surface area (Å²) >= 11 is 0. The summed E-state index contributed by atoms with van der Waals surface area (Å²) in [6.07, 6.45) is -26.4. The van der Waals surface area contributed by atoms with E-state index in [1.807, 2.05) is 0 Å². The van der Waals surface area contributed by atoms with Gasteiger partial charge in [-0.3, -0.25) is 4.79 Å². The lowest BCUT2D eigenvalue weighted by atomic mass is 9.97. The molecule has 3 aliphatic heterocycles. The molecule has 3 aromatic rings. The minimum atomic E-state index is -2.10. The molecule has 3 fully saturated rings. The van der Waals surface area contributed by atoms with Crippen LogP contribution in [-0.2, 0) is 23.7 Å². The fourth-order valence-corrected chi connectivity index (χ4v) is 6.39. The lowest BCUT2D eigenvalue weighted by molar-refractivity contribution is -0.361. The van der Waals surface area contributed by atoms with Crippen molar-refractivity contribution in [1.29, 1.82) is 0 Å². The zero-order valence-electron chi connectivity index (χ0n) is 28.4. The molecule has 0 amide bonds. The molecule has 0 aliphatic carbocycles. The Balaban J connectivity index is 1.24. The highest BCUT2D eigenvalue weighted by Crippen LogP contribution is 2.43. The van der Waals surface area contributed by atoms with Crippen LogP contribution >= 0.6 is 0 Å². The summed E-state index contributed by atoms with van der Waals surface area (Å²) in [5.41, 5.74) is -1.87. The van der Waals surface area contributed by atoms with E-state index < -0.39 is 162 Å². The van der Waals surface area contributed by atoms with Crippen LogP contribution in [0.1, 0.15) is 6.92 Å². The van der Waals surface area contributed by atoms with Crippen LogP contribution in [0.15, 0.2) is 33.5 Å². The highest BCUT2D eigenvalue weighted by atomic mass is 16.7. The zero-order chi connectivity index (χ0) is 40.2. The number of hydrogen-bond donors (Lipinski definition) is 14. The van der Waals surface area contributed by atoms with E-state index in [4.69, 9.17) is 32.8 Å². The molecule has 22 nitrogen and oxygen atoms in total. The summed E-state index contributed by atoms with van der Waals surface area (Å²) < 4.78 is 39.1. The number of aromatic hydroxyl groups is 5. The van der Waals surface area contributed by atoms with Gasteiger partial charge in [0.2, 0.25) is 17.5 Å². The summed E-state index contributed by atoms with van der Waals surface area (Å²) in [5.74, 6) is -5.44. The zero-order valence-corrected chi connectivity index (χ0v) is 28.4. The quantitative estimate of drug-likeness (QED) is 0.0915. The molecule has 15 atom stereocenters. The molecule has 55 heavy (non-hydrogen) atoms. The third-order valence-electron chi connectivity index (χ3n) is 9.50. The van der Waals surface area contributed by atoms with Gasteiger partial charge in [-0.2, -0.15) is 0 Å². The van der Waals surface area contributed by atoms with Crippen LogP contribution in [0.3, 0.4) is 0 Å². The van der Waals surface area contributed by atoms with Crippen molar-refractivity contribution in [1.82, 2.24) is 0 Å². The van der Waals surface area contributed by atoms with Gasteiger partial charge in [0.15, 0.2) is 35.6 Å². The van der Waals surface area contributed by atoms with Crippen molar-refractivity contribution < 1.29 is 104 Å². The first-order chi connectivity index (χ1) is 25.9. The molecule has 3 saturated heterocycles. The van der Waals surface area contributed by atoms with E-state index in [1.54, 1.807) is 0 Å². The van der Waals surface area contributed by atoms with E-state index in [1.165, 1.54) is 6.92 Å². The number of rotatable bonds is 9. The number of aliphatic hydroxyl groups excluding tert-OH is 9. The highest BCUT2D eigenvalue weighted by molar-refractivity contribution is 5.88. The maximum Gasteiger partial charge on any atom is 0.239 e. The normalized spacial score (nSPS) is 36.9. The molecule has 4 heterocycles. The summed E-state index contributed by atoms with van der Waals surface area (Å²) in [6.45, 7) is -0.197. The topological polar surface area (TPSA) is 369 Å². The van der Waals surface area contributed by atoms with Gasteiger partial charge in [0.1, 0.15) is 89.6 Å². The van der Waals surface area contributed by atoms with Gasteiger partial charge in [-0.05, 0) is 19.1 Å². The van der Waals surface area contributed by atoms with Gasteiger partial charge in [-0.15, -0.1) is 0 Å². The molecule has 3 aliphatic rings. The second-order valence-corrected chi connectivity index (χ2v) is 13.2. The van der Waals surface area contributed by atoms with Crippen molar-refractivity contribution in [2.45, 2.75) is 99.0 Å². The standard InChI is InChI=1S/C33H40O22/c1-8-18(39)29(54-32-25(46)23(44)20(41)15(6-34)52-32)27(48)31(50-8)49-7-16-21(42)24(45)26(47)33(53-16)55-30-22(43)17-11(36)4-10(35)5-14(17)51-28(30)9-2-12(37)19(40)13(38)3-9/h2-5,8,15-16,18,20-21,23-27,29,31-42,44-48H,6-7H2,1H3. The first-order valence-corrected chi connectivity index (χ1v) is 16.7. The van der Waals surface area contributed by atoms with Crippen LogP contribution in [0.5, 0.6) is 34.5 Å². The number of ether oxygens (including phenoxy) is 6. The summed E-state index contributed by atoms with van der Waals surface area (Å²) in [5, 5.41) is 144. The third-order valence-corrected chi connectivity index (χ3v) is 9.50. The third kappa shape index (κ3) is 7.58. The minimum Gasteiger partial charge on any atom is -0.508 e. The van der Waals surface area contributed by atoms with Gasteiger partial charge in [0.25, 0.3) is 0 Å². The van der Waals surface area contributed by atoms with E-state index in [0.717, 1.165) is 24.3 Å². The molecule has 2 aromatic carbocycles. The molecule has 0 spiro atoms. The van der Waals surface area contributed by atoms with Crippen molar-refractivity contribution in [2.75, 3.05) is 13.2 Å². The van der Waals surface area contributed by atoms with E-state index in [0.29, 0.717) is 0 Å². The van der Waals surface area contributed by atoms with Gasteiger partial charge in [-0.1, -0.05) is 0 Å². The van der Waals surface area contributed by atoms with Crippen LogP contribution in [0.25, 0.3) is 22.3 Å². The summed E-state index contributed by atoms with van der Waals surface area (Å²) in [7, 11) is 0. The Morgan fingerprint density at radius 1 is 0.655 bits per heavy atom. The number of fused-ring (bicyclic) bond motifs is 1. The lowest BCUT2D eigenvalue weighted by Gasteiger charge is -2.46. The Labute approximate surface area is 307 Å². The highest BCUT2D eigenvalue weighted by Gasteiger charge is 2.51. The van der Waals surface area contributed by atoms with Crippen LogP contribution in [0, 0.1) is 0 Å². The smallest absolute Gasteiger partial charge is 0.239 e. The van der Waals surface area contributed by atoms with Gasteiger partial charge in [-0.25, -0.2) is 0 Å². The lowest BCUT2D eigenvalue weighted by Crippen LogP contribution is -2.64. The monoisotopic (exact) mass is 788 g/mol. The molecule has 0 saturated carbocycles. The van der Waals surface area contributed by atoms with Crippen molar-refractivity contribution in [3.8, 4) is 45.8 Å². The SMILES string of the molecule is CC1OC(OCC2OC(Oc3c(-c4cc(O)c(O)c(O)c4)oc4cc(O)cc(O)c4c3=O)C(O)C(O)C2O)C(O)C(OC2OC(CO)C(O)C(O)C2O)C1O. The maximum atomic E-state index is 13.8. The first kappa shape index (κ1) is 40.6. The van der Waals surface area contributed by atoms with Crippen LogP contribution < -0.4 is 10.2 Å². The Morgan fingerprint density at radius 3 is 1.89 bits per heavy atom. The molecule has 6 rings (SSSR count). The van der Waals surface area contributed by atoms with Crippen LogP contribution in [0.4, 0.5) is 0 Å². The first-order valence-electron chi connectivity index (χ1n) is 16.7. The average molecular weight is 789 g/mol. The van der Waals surface area contributed by atoms with Crippen LogP contribution in [-0.4, -0.2) is 177 Å². The number of aliphatic hydroxyl groups is 9. The Kier molecular flexibility index (Phi) is 11.6. The summed E-state index contributed by atoms with van der Waals surface area (Å²) in [6, 6.07) is 3.46. The fraction of sp³-hybridized carbons (Fsp3) is 0.545. The Morgan fingerprint density at radius 2 is 1.25 bits per heavy atom. The minimum absolute atomic E-state index is 0.310. The van der Waals surface area contributed by atoms with Gasteiger partial charge in [0, 0.05) is 17.7 Å². The molecule has 15 unspecified atom stereocenters. The number of benzene rings is 2. The predicted molar refractivity (Wildman–Crippen MR) is 174 cm³/mol. The van der Waals surface area contributed by atoms with Crippen molar-refractivity contribution in [2.24, 2.45) is 0 Å². The molecule has 0 bridgehead atoms. The van der Waals surface area contributed by atoms with Crippen molar-refractivity contribution in [3.05, 3.63) is 34.5 Å². The molecule has 14 N–H and O–H groups in total.